The minimum absolute atomic E-state index is 0.0405. The molecular formula is C17H19N5O2S2. The third kappa shape index (κ3) is 2.75. The van der Waals surface area contributed by atoms with Gasteiger partial charge in [0.25, 0.3) is 11.5 Å². The normalized spacial score (nSPS) is 14.0. The summed E-state index contributed by atoms with van der Waals surface area (Å²) in [6.07, 6.45) is 1.75. The van der Waals surface area contributed by atoms with Gasteiger partial charge in [-0.05, 0) is 18.9 Å². The maximum atomic E-state index is 12.7. The number of nitrogens with zero attached hydrogens (tertiary/aromatic N) is 4. The molecule has 3 aromatic heterocycles. The highest BCUT2D eigenvalue weighted by Crippen LogP contribution is 2.30. The molecule has 0 aliphatic carbocycles. The second kappa shape index (κ2) is 5.95. The molecule has 0 aromatic carbocycles. The van der Waals surface area contributed by atoms with Crippen LogP contribution in [0.1, 0.15) is 54.1 Å². The molecule has 0 saturated carbocycles. The molecule has 3 aromatic rings. The molecule has 0 fully saturated rings. The van der Waals surface area contributed by atoms with E-state index in [1.54, 1.807) is 11.5 Å². The summed E-state index contributed by atoms with van der Waals surface area (Å²) in [5, 5.41) is 3.83. The third-order valence-electron chi connectivity index (χ3n) is 4.44. The van der Waals surface area contributed by atoms with Gasteiger partial charge in [0.05, 0.1) is 10.3 Å². The summed E-state index contributed by atoms with van der Waals surface area (Å²) in [5.41, 5.74) is 0.468. The molecule has 136 valence electrons. The van der Waals surface area contributed by atoms with Crippen molar-refractivity contribution in [2.24, 2.45) is 0 Å². The van der Waals surface area contributed by atoms with Gasteiger partial charge in [0.2, 0.25) is 5.13 Å². The number of amides is 1. The first-order valence-electron chi connectivity index (χ1n) is 8.44. The number of aromatic nitrogens is 4. The van der Waals surface area contributed by atoms with Crippen molar-refractivity contribution in [1.29, 1.82) is 0 Å². The summed E-state index contributed by atoms with van der Waals surface area (Å²) in [5.74, 6) is 1.24. The molecule has 0 radical (unpaired) electrons. The Labute approximate surface area is 158 Å². The predicted molar refractivity (Wildman–Crippen MR) is 104 cm³/mol. The van der Waals surface area contributed by atoms with Gasteiger partial charge in [-0.1, -0.05) is 20.8 Å². The lowest BCUT2D eigenvalue weighted by molar-refractivity contribution is 0.103. The van der Waals surface area contributed by atoms with Crippen molar-refractivity contribution in [3.05, 3.63) is 32.4 Å². The van der Waals surface area contributed by atoms with Crippen molar-refractivity contribution in [3.63, 3.8) is 0 Å². The van der Waals surface area contributed by atoms with Crippen molar-refractivity contribution in [3.8, 4) is 0 Å². The molecule has 1 aliphatic rings. The molecule has 9 heteroatoms. The van der Waals surface area contributed by atoms with Crippen molar-refractivity contribution >= 4 is 44.1 Å². The number of carbonyl (C=O) groups is 1. The lowest BCUT2D eigenvalue weighted by atomic mass is 9.96. The molecule has 0 spiro atoms. The summed E-state index contributed by atoms with van der Waals surface area (Å²) >= 11 is 2.43. The van der Waals surface area contributed by atoms with E-state index in [2.05, 4.69) is 19.7 Å². The number of aryl methyl sites for hydroxylation is 2. The van der Waals surface area contributed by atoms with Crippen molar-refractivity contribution in [2.75, 3.05) is 5.32 Å². The topological polar surface area (TPSA) is 89.8 Å². The molecule has 4 heterocycles. The highest BCUT2D eigenvalue weighted by Gasteiger charge is 2.25. The van der Waals surface area contributed by atoms with Gasteiger partial charge in [-0.15, -0.1) is 11.3 Å². The number of hydrogen-bond donors (Lipinski definition) is 1. The summed E-state index contributed by atoms with van der Waals surface area (Å²) < 4.78 is 6.04. The van der Waals surface area contributed by atoms with Crippen LogP contribution in [0.5, 0.6) is 0 Å². The maximum absolute atomic E-state index is 12.7. The highest BCUT2D eigenvalue weighted by molar-refractivity contribution is 7.20. The zero-order chi connectivity index (χ0) is 18.6. The average Bonchev–Trinajstić information content (AvgIpc) is 3.25. The van der Waals surface area contributed by atoms with E-state index in [1.165, 1.54) is 11.3 Å². The van der Waals surface area contributed by atoms with Gasteiger partial charge >= 0.3 is 0 Å². The SMILES string of the molecule is Cc1c(C(=O)Nc2nc(C(C)(C)C)ns2)sc2nc3n(c(=O)c12)CCC3. The van der Waals surface area contributed by atoms with Gasteiger partial charge in [-0.25, -0.2) is 9.97 Å². The second-order valence-corrected chi connectivity index (χ2v) is 9.20. The second-order valence-electron chi connectivity index (χ2n) is 7.45. The van der Waals surface area contributed by atoms with Gasteiger partial charge in [-0.3, -0.25) is 19.5 Å². The monoisotopic (exact) mass is 389 g/mol. The number of nitrogens with one attached hydrogen (secondary N) is 1. The molecule has 7 nitrogen and oxygen atoms in total. The quantitative estimate of drug-likeness (QED) is 0.727. The van der Waals surface area contributed by atoms with E-state index < -0.39 is 0 Å². The van der Waals surface area contributed by atoms with Crippen LogP contribution < -0.4 is 10.9 Å². The van der Waals surface area contributed by atoms with E-state index >= 15 is 0 Å². The highest BCUT2D eigenvalue weighted by atomic mass is 32.1. The van der Waals surface area contributed by atoms with E-state index in [4.69, 9.17) is 0 Å². The molecule has 0 saturated heterocycles. The van der Waals surface area contributed by atoms with Gasteiger partial charge in [0, 0.05) is 29.9 Å². The maximum Gasteiger partial charge on any atom is 0.267 e. The van der Waals surface area contributed by atoms with Crippen molar-refractivity contribution < 1.29 is 4.79 Å². The van der Waals surface area contributed by atoms with Crippen LogP contribution in [0.25, 0.3) is 10.2 Å². The van der Waals surface area contributed by atoms with Crippen LogP contribution >= 0.6 is 22.9 Å². The molecule has 26 heavy (non-hydrogen) atoms. The molecule has 0 atom stereocenters. The number of rotatable bonds is 2. The van der Waals surface area contributed by atoms with Gasteiger partial charge < -0.3 is 0 Å². The fraction of sp³-hybridized carbons (Fsp3) is 0.471. The Balaban J connectivity index is 1.70. The molecule has 1 N–H and O–H groups in total. The Bertz CT molecular complexity index is 1090. The number of hydrogen-bond acceptors (Lipinski definition) is 7. The molecule has 0 bridgehead atoms. The van der Waals surface area contributed by atoms with Crippen LogP contribution in [0.4, 0.5) is 5.13 Å². The molecular weight excluding hydrogens is 370 g/mol. The van der Waals surface area contributed by atoms with E-state index in [0.717, 1.165) is 30.2 Å². The van der Waals surface area contributed by atoms with Crippen LogP contribution in [0.15, 0.2) is 4.79 Å². The smallest absolute Gasteiger partial charge is 0.267 e. The number of fused-ring (bicyclic) bond motifs is 2. The lowest BCUT2D eigenvalue weighted by Crippen LogP contribution is -2.20. The number of carbonyl (C=O) groups excluding carboxylic acids is 1. The van der Waals surface area contributed by atoms with Crippen LogP contribution in [-0.4, -0.2) is 24.8 Å². The Morgan fingerprint density at radius 3 is 2.73 bits per heavy atom. The Kier molecular flexibility index (Phi) is 3.96. The molecule has 4 rings (SSSR count). The van der Waals surface area contributed by atoms with E-state index in [9.17, 15) is 9.59 Å². The average molecular weight is 390 g/mol. The molecule has 1 amide bonds. The van der Waals surface area contributed by atoms with Crippen LogP contribution in [-0.2, 0) is 18.4 Å². The summed E-state index contributed by atoms with van der Waals surface area (Å²) in [7, 11) is 0. The zero-order valence-corrected chi connectivity index (χ0v) is 16.7. The number of thiophene rings is 1. The van der Waals surface area contributed by atoms with Crippen molar-refractivity contribution in [2.45, 2.75) is 52.5 Å². The summed E-state index contributed by atoms with van der Waals surface area (Å²) in [6.45, 7) is 8.58. The first kappa shape index (κ1) is 17.3. The zero-order valence-electron chi connectivity index (χ0n) is 15.0. The fourth-order valence-electron chi connectivity index (χ4n) is 3.02. The third-order valence-corrected chi connectivity index (χ3v) is 6.25. The van der Waals surface area contributed by atoms with Gasteiger partial charge in [0.15, 0.2) is 0 Å². The van der Waals surface area contributed by atoms with Crippen LogP contribution in [0, 0.1) is 6.92 Å². The first-order chi connectivity index (χ1) is 12.3. The Morgan fingerprint density at radius 2 is 2.04 bits per heavy atom. The fourth-order valence-corrected chi connectivity index (χ4v) is 4.86. The lowest BCUT2D eigenvalue weighted by Gasteiger charge is -2.12. The van der Waals surface area contributed by atoms with Gasteiger partial charge in [0.1, 0.15) is 16.5 Å². The Hall–Kier alpha value is -2.13. The van der Waals surface area contributed by atoms with Gasteiger partial charge in [-0.2, -0.15) is 4.37 Å². The standard InChI is InChI=1S/C17H19N5O2S2/c1-8-10-13(18-9-6-5-7-22(9)14(10)24)25-11(8)12(23)19-16-20-15(21-26-16)17(2,3)4/h5-7H2,1-4H3,(H,19,20,21,23). The minimum Gasteiger partial charge on any atom is -0.296 e. The first-order valence-corrected chi connectivity index (χ1v) is 10.0. The Morgan fingerprint density at radius 1 is 1.27 bits per heavy atom. The van der Waals surface area contributed by atoms with Crippen LogP contribution in [0.2, 0.25) is 0 Å². The molecule has 1 aliphatic heterocycles. The van der Waals surface area contributed by atoms with E-state index in [1.807, 2.05) is 20.8 Å². The van der Waals surface area contributed by atoms with E-state index in [-0.39, 0.29) is 16.9 Å². The van der Waals surface area contributed by atoms with E-state index in [0.29, 0.717) is 38.2 Å². The van der Waals surface area contributed by atoms with Crippen LogP contribution in [0.3, 0.4) is 0 Å². The molecule has 0 unspecified atom stereocenters. The predicted octanol–water partition coefficient (Wildman–Crippen LogP) is 3.11. The largest absolute Gasteiger partial charge is 0.296 e. The number of anilines is 1. The minimum atomic E-state index is -0.272. The van der Waals surface area contributed by atoms with Crippen molar-refractivity contribution in [1.82, 2.24) is 18.9 Å². The summed E-state index contributed by atoms with van der Waals surface area (Å²) in [6, 6.07) is 0. The summed E-state index contributed by atoms with van der Waals surface area (Å²) in [4.78, 5) is 35.6.